The number of rotatable bonds is 0. The summed E-state index contributed by atoms with van der Waals surface area (Å²) >= 11 is 6.12. The van der Waals surface area contributed by atoms with Crippen molar-refractivity contribution in [3.8, 4) is 0 Å². The minimum Gasteiger partial charge on any atom is -0.312 e. The van der Waals surface area contributed by atoms with Crippen molar-refractivity contribution in [2.45, 2.75) is 6.92 Å². The number of fused-ring (bicyclic) bond motifs is 5. The maximum atomic E-state index is 6.12. The SMILES string of the molecule is Cc1nc2ccccc2n2cc3ccc(Cl)cc3c12. The van der Waals surface area contributed by atoms with E-state index in [2.05, 4.69) is 22.7 Å². The lowest BCUT2D eigenvalue weighted by Crippen LogP contribution is -1.93. The zero-order valence-corrected chi connectivity index (χ0v) is 11.1. The van der Waals surface area contributed by atoms with E-state index in [0.717, 1.165) is 32.7 Å². The predicted octanol–water partition coefficient (Wildman–Crippen LogP) is 4.60. The third-order valence-corrected chi connectivity index (χ3v) is 3.79. The molecule has 0 unspecified atom stereocenters. The second-order valence-electron chi connectivity index (χ2n) is 4.77. The van der Waals surface area contributed by atoms with E-state index in [4.69, 9.17) is 16.6 Å². The molecule has 0 bridgehead atoms. The van der Waals surface area contributed by atoms with Crippen LogP contribution in [0.1, 0.15) is 5.69 Å². The molecule has 0 spiro atoms. The lowest BCUT2D eigenvalue weighted by molar-refractivity contribution is 1.17. The van der Waals surface area contributed by atoms with Gasteiger partial charge in [0.05, 0.1) is 22.2 Å². The molecule has 2 heterocycles. The second-order valence-corrected chi connectivity index (χ2v) is 5.20. The van der Waals surface area contributed by atoms with Crippen LogP contribution >= 0.6 is 11.6 Å². The highest BCUT2D eigenvalue weighted by atomic mass is 35.5. The summed E-state index contributed by atoms with van der Waals surface area (Å²) in [6.45, 7) is 2.04. The van der Waals surface area contributed by atoms with E-state index in [9.17, 15) is 0 Å². The molecule has 0 amide bonds. The van der Waals surface area contributed by atoms with Crippen molar-refractivity contribution in [1.29, 1.82) is 0 Å². The van der Waals surface area contributed by atoms with Crippen LogP contribution in [0.15, 0.2) is 48.7 Å². The summed E-state index contributed by atoms with van der Waals surface area (Å²) in [6.07, 6.45) is 2.15. The molecule has 0 atom stereocenters. The Morgan fingerprint density at radius 2 is 1.95 bits per heavy atom. The van der Waals surface area contributed by atoms with Crippen LogP contribution in [0.2, 0.25) is 5.02 Å². The van der Waals surface area contributed by atoms with Gasteiger partial charge in [-0.15, -0.1) is 0 Å². The van der Waals surface area contributed by atoms with Gasteiger partial charge in [0.25, 0.3) is 0 Å². The number of nitrogens with zero attached hydrogens (tertiary/aromatic N) is 2. The van der Waals surface area contributed by atoms with Gasteiger partial charge in [-0.05, 0) is 31.2 Å². The van der Waals surface area contributed by atoms with Crippen molar-refractivity contribution in [2.75, 3.05) is 0 Å². The molecule has 3 heteroatoms. The van der Waals surface area contributed by atoms with E-state index in [1.807, 2.05) is 37.3 Å². The summed E-state index contributed by atoms with van der Waals surface area (Å²) in [5.41, 5.74) is 4.29. The highest BCUT2D eigenvalue weighted by molar-refractivity contribution is 6.31. The van der Waals surface area contributed by atoms with Crippen LogP contribution < -0.4 is 0 Å². The number of hydrogen-bond donors (Lipinski definition) is 0. The molecule has 0 aliphatic rings. The molecule has 0 fully saturated rings. The maximum Gasteiger partial charge on any atom is 0.0874 e. The van der Waals surface area contributed by atoms with E-state index in [1.165, 1.54) is 5.39 Å². The smallest absolute Gasteiger partial charge is 0.0874 e. The largest absolute Gasteiger partial charge is 0.312 e. The number of para-hydroxylation sites is 2. The molecule has 0 saturated carbocycles. The number of hydrogen-bond acceptors (Lipinski definition) is 1. The molecule has 2 aromatic carbocycles. The fourth-order valence-corrected chi connectivity index (χ4v) is 2.91. The van der Waals surface area contributed by atoms with E-state index >= 15 is 0 Å². The van der Waals surface area contributed by atoms with E-state index in [0.29, 0.717) is 0 Å². The first kappa shape index (κ1) is 10.8. The Labute approximate surface area is 115 Å². The minimum absolute atomic E-state index is 0.758. The summed E-state index contributed by atoms with van der Waals surface area (Å²) in [4.78, 5) is 4.69. The lowest BCUT2D eigenvalue weighted by atomic mass is 10.2. The highest BCUT2D eigenvalue weighted by Gasteiger charge is 2.10. The van der Waals surface area contributed by atoms with E-state index < -0.39 is 0 Å². The lowest BCUT2D eigenvalue weighted by Gasteiger charge is -2.05. The van der Waals surface area contributed by atoms with Gasteiger partial charge < -0.3 is 4.40 Å². The predicted molar refractivity (Wildman–Crippen MR) is 80.0 cm³/mol. The van der Waals surface area contributed by atoms with Crippen molar-refractivity contribution in [3.63, 3.8) is 0 Å². The van der Waals surface area contributed by atoms with Gasteiger partial charge in [0.1, 0.15) is 0 Å². The van der Waals surface area contributed by atoms with Crippen molar-refractivity contribution in [2.24, 2.45) is 0 Å². The molecule has 0 radical (unpaired) electrons. The highest BCUT2D eigenvalue weighted by Crippen LogP contribution is 2.29. The third kappa shape index (κ3) is 1.47. The number of benzene rings is 2. The Hall–Kier alpha value is -2.06. The van der Waals surface area contributed by atoms with E-state index in [1.54, 1.807) is 0 Å². The molecule has 0 saturated heterocycles. The van der Waals surface area contributed by atoms with Gasteiger partial charge in [-0.25, -0.2) is 4.98 Å². The monoisotopic (exact) mass is 266 g/mol. The zero-order valence-electron chi connectivity index (χ0n) is 10.4. The summed E-state index contributed by atoms with van der Waals surface area (Å²) < 4.78 is 2.21. The molecule has 2 nitrogen and oxygen atoms in total. The van der Waals surface area contributed by atoms with Gasteiger partial charge in [-0.1, -0.05) is 29.8 Å². The first-order valence-corrected chi connectivity index (χ1v) is 6.57. The van der Waals surface area contributed by atoms with Crippen LogP contribution in [0.3, 0.4) is 0 Å². The topological polar surface area (TPSA) is 17.3 Å². The summed E-state index contributed by atoms with van der Waals surface area (Å²) in [5.74, 6) is 0. The Morgan fingerprint density at radius 1 is 1.11 bits per heavy atom. The first-order valence-electron chi connectivity index (χ1n) is 6.20. The summed E-state index contributed by atoms with van der Waals surface area (Å²) in [6, 6.07) is 14.2. The van der Waals surface area contributed by atoms with Crippen LogP contribution in [0.5, 0.6) is 0 Å². The molecule has 0 N–H and O–H groups in total. The van der Waals surface area contributed by atoms with Crippen LogP contribution in [0, 0.1) is 6.92 Å². The maximum absolute atomic E-state index is 6.12. The first-order chi connectivity index (χ1) is 9.24. The van der Waals surface area contributed by atoms with Gasteiger partial charge in [-0.2, -0.15) is 0 Å². The Balaban J connectivity index is 2.34. The van der Waals surface area contributed by atoms with Crippen LogP contribution in [-0.4, -0.2) is 9.38 Å². The Bertz CT molecular complexity index is 938. The van der Waals surface area contributed by atoms with Crippen LogP contribution in [-0.2, 0) is 0 Å². The Morgan fingerprint density at radius 3 is 2.84 bits per heavy atom. The molecule has 92 valence electrons. The van der Waals surface area contributed by atoms with Crippen LogP contribution in [0.25, 0.3) is 27.3 Å². The van der Waals surface area contributed by atoms with Gasteiger partial charge >= 0.3 is 0 Å². The molecule has 4 rings (SSSR count). The average molecular weight is 267 g/mol. The molecule has 19 heavy (non-hydrogen) atoms. The fraction of sp³-hybridized carbons (Fsp3) is 0.0625. The molecular formula is C16H11ClN2. The van der Waals surface area contributed by atoms with E-state index in [-0.39, 0.29) is 0 Å². The number of aromatic nitrogens is 2. The fourth-order valence-electron chi connectivity index (χ4n) is 2.73. The number of halogens is 1. The van der Waals surface area contributed by atoms with Gasteiger partial charge in [-0.3, -0.25) is 0 Å². The molecule has 0 aliphatic carbocycles. The van der Waals surface area contributed by atoms with Crippen molar-refractivity contribution in [3.05, 3.63) is 59.4 Å². The standard InChI is InChI=1S/C16H11ClN2/c1-10-16-13-8-12(17)7-6-11(13)9-19(16)15-5-3-2-4-14(15)18-10/h2-9H,1H3. The molecule has 0 aliphatic heterocycles. The quantitative estimate of drug-likeness (QED) is 0.455. The normalized spacial score (nSPS) is 11.7. The van der Waals surface area contributed by atoms with Gasteiger partial charge in [0.15, 0.2) is 0 Å². The zero-order chi connectivity index (χ0) is 13.0. The summed E-state index contributed by atoms with van der Waals surface area (Å²) in [7, 11) is 0. The third-order valence-electron chi connectivity index (χ3n) is 3.55. The van der Waals surface area contributed by atoms with Gasteiger partial charge in [0.2, 0.25) is 0 Å². The second kappa shape index (κ2) is 3.72. The van der Waals surface area contributed by atoms with Crippen LogP contribution in [0.4, 0.5) is 0 Å². The molecule has 4 aromatic rings. The number of aryl methyl sites for hydroxylation is 1. The minimum atomic E-state index is 0.758. The van der Waals surface area contributed by atoms with Crippen molar-refractivity contribution in [1.82, 2.24) is 9.38 Å². The van der Waals surface area contributed by atoms with Gasteiger partial charge in [0, 0.05) is 22.0 Å². The van der Waals surface area contributed by atoms with Crippen molar-refractivity contribution >= 4 is 38.9 Å². The average Bonchev–Trinajstić information content (AvgIpc) is 2.78. The van der Waals surface area contributed by atoms with Crippen molar-refractivity contribution < 1.29 is 0 Å². The molecular weight excluding hydrogens is 256 g/mol. The molecule has 2 aromatic heterocycles. The Kier molecular flexibility index (Phi) is 2.12. The summed E-state index contributed by atoms with van der Waals surface area (Å²) in [5, 5.41) is 3.10.